The molecule has 0 aromatic rings. The van der Waals surface area contributed by atoms with Gasteiger partial charge in [0.2, 0.25) is 5.91 Å². The Balaban J connectivity index is 2.33. The summed E-state index contributed by atoms with van der Waals surface area (Å²) in [5.41, 5.74) is 5.41. The Labute approximate surface area is 111 Å². The van der Waals surface area contributed by atoms with Gasteiger partial charge in [-0.25, -0.2) is 0 Å². The van der Waals surface area contributed by atoms with Gasteiger partial charge in [0.25, 0.3) is 0 Å². The van der Waals surface area contributed by atoms with Gasteiger partial charge in [0.1, 0.15) is 6.10 Å². The maximum Gasteiger partial charge on any atom is 0.249 e. The zero-order valence-electron chi connectivity index (χ0n) is 11.8. The van der Waals surface area contributed by atoms with Crippen LogP contribution in [0.2, 0.25) is 0 Å². The molecular weight excluding hydrogens is 228 g/mol. The fourth-order valence-electron chi connectivity index (χ4n) is 2.51. The van der Waals surface area contributed by atoms with E-state index in [0.29, 0.717) is 13.1 Å². The van der Waals surface area contributed by atoms with E-state index in [1.807, 2.05) is 6.92 Å². The summed E-state index contributed by atoms with van der Waals surface area (Å²) >= 11 is 0. The lowest BCUT2D eigenvalue weighted by Crippen LogP contribution is -2.40. The molecule has 1 saturated carbocycles. The highest BCUT2D eigenvalue weighted by Gasteiger charge is 2.25. The van der Waals surface area contributed by atoms with Gasteiger partial charge in [-0.15, -0.1) is 0 Å². The molecule has 0 aromatic heterocycles. The Morgan fingerprint density at radius 3 is 2.89 bits per heavy atom. The zero-order chi connectivity index (χ0) is 13.4. The van der Waals surface area contributed by atoms with Crippen LogP contribution in [0.5, 0.6) is 0 Å². The van der Waals surface area contributed by atoms with Crippen LogP contribution in [0.1, 0.15) is 52.4 Å². The molecule has 4 nitrogen and oxygen atoms in total. The van der Waals surface area contributed by atoms with E-state index in [9.17, 15) is 4.79 Å². The average Bonchev–Trinajstić information content (AvgIpc) is 2.36. The third-order valence-corrected chi connectivity index (χ3v) is 3.59. The molecule has 1 fully saturated rings. The van der Waals surface area contributed by atoms with Crippen molar-refractivity contribution in [3.05, 3.63) is 0 Å². The summed E-state index contributed by atoms with van der Waals surface area (Å²) in [6.07, 6.45) is 6.22. The second kappa shape index (κ2) is 8.48. The van der Waals surface area contributed by atoms with Crippen molar-refractivity contribution in [2.45, 2.75) is 64.6 Å². The molecule has 0 radical (unpaired) electrons. The van der Waals surface area contributed by atoms with Gasteiger partial charge in [-0.05, 0) is 38.1 Å². The molecule has 0 spiro atoms. The van der Waals surface area contributed by atoms with E-state index in [-0.39, 0.29) is 18.1 Å². The smallest absolute Gasteiger partial charge is 0.249 e. The quantitative estimate of drug-likeness (QED) is 0.683. The number of rotatable bonds is 7. The molecule has 0 bridgehead atoms. The Morgan fingerprint density at radius 1 is 1.50 bits per heavy atom. The van der Waals surface area contributed by atoms with E-state index >= 15 is 0 Å². The molecule has 1 aliphatic rings. The largest absolute Gasteiger partial charge is 0.365 e. The van der Waals surface area contributed by atoms with Crippen LogP contribution in [0.3, 0.4) is 0 Å². The normalized spacial score (nSPS) is 25.7. The predicted molar refractivity (Wildman–Crippen MR) is 73.3 cm³/mol. The molecule has 0 aromatic carbocycles. The number of nitrogens with two attached hydrogens (primary N) is 1. The minimum absolute atomic E-state index is 0.0178. The van der Waals surface area contributed by atoms with Crippen molar-refractivity contribution < 1.29 is 9.53 Å². The van der Waals surface area contributed by atoms with Gasteiger partial charge in [0.05, 0.1) is 6.10 Å². The van der Waals surface area contributed by atoms with Gasteiger partial charge < -0.3 is 15.8 Å². The molecule has 1 rings (SSSR count). The SMILES string of the molecule is CCC(OC1CCCC(C)C1)C(=O)NCCCN. The highest BCUT2D eigenvalue weighted by Crippen LogP contribution is 2.26. The molecule has 3 unspecified atom stereocenters. The Bertz CT molecular complexity index is 246. The van der Waals surface area contributed by atoms with E-state index in [1.165, 1.54) is 12.8 Å². The molecule has 4 heteroatoms. The maximum absolute atomic E-state index is 11.9. The molecular formula is C14H28N2O2. The molecule has 3 atom stereocenters. The Hall–Kier alpha value is -0.610. The number of amides is 1. The van der Waals surface area contributed by atoms with Gasteiger partial charge in [0, 0.05) is 6.54 Å². The van der Waals surface area contributed by atoms with Gasteiger partial charge in [-0.3, -0.25) is 4.79 Å². The predicted octanol–water partition coefficient (Wildman–Crippen LogP) is 1.83. The van der Waals surface area contributed by atoms with Gasteiger partial charge in [0.15, 0.2) is 0 Å². The summed E-state index contributed by atoms with van der Waals surface area (Å²) in [7, 11) is 0. The fraction of sp³-hybridized carbons (Fsp3) is 0.929. The maximum atomic E-state index is 11.9. The fourth-order valence-corrected chi connectivity index (χ4v) is 2.51. The lowest BCUT2D eigenvalue weighted by molar-refractivity contribution is -0.139. The number of ether oxygens (including phenoxy) is 1. The van der Waals surface area contributed by atoms with Crippen molar-refractivity contribution >= 4 is 5.91 Å². The highest BCUT2D eigenvalue weighted by molar-refractivity contribution is 5.80. The lowest BCUT2D eigenvalue weighted by atomic mass is 9.88. The molecule has 106 valence electrons. The standard InChI is InChI=1S/C14H28N2O2/c1-3-13(14(17)16-9-5-8-15)18-12-7-4-6-11(2)10-12/h11-13H,3-10,15H2,1-2H3,(H,16,17). The second-order valence-electron chi connectivity index (χ2n) is 5.36. The number of carbonyl (C=O) groups excluding carboxylic acids is 1. The first-order chi connectivity index (χ1) is 8.67. The summed E-state index contributed by atoms with van der Waals surface area (Å²) in [5, 5.41) is 2.89. The zero-order valence-corrected chi connectivity index (χ0v) is 11.8. The molecule has 0 heterocycles. The summed E-state index contributed by atoms with van der Waals surface area (Å²) in [6, 6.07) is 0. The number of hydrogen-bond acceptors (Lipinski definition) is 3. The summed E-state index contributed by atoms with van der Waals surface area (Å²) in [5.74, 6) is 0.741. The van der Waals surface area contributed by atoms with Crippen LogP contribution in [-0.4, -0.2) is 31.2 Å². The monoisotopic (exact) mass is 256 g/mol. The van der Waals surface area contributed by atoms with Crippen LogP contribution in [-0.2, 0) is 9.53 Å². The van der Waals surface area contributed by atoms with E-state index in [2.05, 4.69) is 12.2 Å². The number of carbonyl (C=O) groups is 1. The number of nitrogens with one attached hydrogen (secondary N) is 1. The Morgan fingerprint density at radius 2 is 2.28 bits per heavy atom. The molecule has 0 saturated heterocycles. The van der Waals surface area contributed by atoms with E-state index in [0.717, 1.165) is 31.6 Å². The second-order valence-corrected chi connectivity index (χ2v) is 5.36. The third-order valence-electron chi connectivity index (χ3n) is 3.59. The van der Waals surface area contributed by atoms with Crippen LogP contribution in [0, 0.1) is 5.92 Å². The lowest BCUT2D eigenvalue weighted by Gasteiger charge is -2.29. The molecule has 3 N–H and O–H groups in total. The summed E-state index contributed by atoms with van der Waals surface area (Å²) in [4.78, 5) is 11.9. The first kappa shape index (κ1) is 15.4. The average molecular weight is 256 g/mol. The van der Waals surface area contributed by atoms with Crippen molar-refractivity contribution in [3.63, 3.8) is 0 Å². The van der Waals surface area contributed by atoms with Crippen molar-refractivity contribution in [1.82, 2.24) is 5.32 Å². The molecule has 1 amide bonds. The van der Waals surface area contributed by atoms with Crippen molar-refractivity contribution in [3.8, 4) is 0 Å². The van der Waals surface area contributed by atoms with Crippen molar-refractivity contribution in [2.75, 3.05) is 13.1 Å². The van der Waals surface area contributed by atoms with Crippen LogP contribution in [0.4, 0.5) is 0 Å². The summed E-state index contributed by atoms with van der Waals surface area (Å²) < 4.78 is 5.96. The molecule has 1 aliphatic carbocycles. The van der Waals surface area contributed by atoms with E-state index < -0.39 is 0 Å². The van der Waals surface area contributed by atoms with Crippen LogP contribution in [0.15, 0.2) is 0 Å². The van der Waals surface area contributed by atoms with Crippen molar-refractivity contribution in [2.24, 2.45) is 11.7 Å². The first-order valence-corrected chi connectivity index (χ1v) is 7.30. The highest BCUT2D eigenvalue weighted by atomic mass is 16.5. The molecule has 18 heavy (non-hydrogen) atoms. The summed E-state index contributed by atoms with van der Waals surface area (Å²) in [6.45, 7) is 5.52. The first-order valence-electron chi connectivity index (χ1n) is 7.30. The third kappa shape index (κ3) is 5.36. The van der Waals surface area contributed by atoms with Crippen LogP contribution >= 0.6 is 0 Å². The van der Waals surface area contributed by atoms with Gasteiger partial charge in [-0.2, -0.15) is 0 Å². The van der Waals surface area contributed by atoms with Crippen LogP contribution < -0.4 is 11.1 Å². The van der Waals surface area contributed by atoms with E-state index in [4.69, 9.17) is 10.5 Å². The van der Waals surface area contributed by atoms with E-state index in [1.54, 1.807) is 0 Å². The Kier molecular flexibility index (Phi) is 7.28. The minimum atomic E-state index is -0.293. The molecule has 0 aliphatic heterocycles. The van der Waals surface area contributed by atoms with Crippen molar-refractivity contribution in [1.29, 1.82) is 0 Å². The topological polar surface area (TPSA) is 64.3 Å². The van der Waals surface area contributed by atoms with Gasteiger partial charge in [-0.1, -0.05) is 26.7 Å². The number of hydrogen-bond donors (Lipinski definition) is 2. The van der Waals surface area contributed by atoms with Crippen LogP contribution in [0.25, 0.3) is 0 Å². The minimum Gasteiger partial charge on any atom is -0.365 e. The van der Waals surface area contributed by atoms with Gasteiger partial charge >= 0.3 is 0 Å².